The van der Waals surface area contributed by atoms with Gasteiger partial charge in [-0.3, -0.25) is 0 Å². The SMILES string of the molecule is C[C@]12CCCC[C@@H]1CC[C@H]1[C@@H]3CCCC3CC[C@@H]12. The topological polar surface area (TPSA) is 0 Å². The number of hydrogen-bond donors (Lipinski definition) is 0. The van der Waals surface area contributed by atoms with Crippen LogP contribution >= 0.6 is 0 Å². The van der Waals surface area contributed by atoms with Crippen LogP contribution < -0.4 is 0 Å². The van der Waals surface area contributed by atoms with Crippen molar-refractivity contribution in [3.63, 3.8) is 0 Å². The standard InChI is InChI=1S/C18H30/c1-18-12-3-2-6-14(18)9-10-16-15-7-4-5-13(15)8-11-17(16)18/h13-17H,2-12H2,1H3/t13?,14-,15-,16+,17+,18+/m1/s1. The molecule has 0 aliphatic heterocycles. The second-order valence-electron chi connectivity index (χ2n) is 8.23. The normalized spacial score (nSPS) is 55.5. The fourth-order valence-electron chi connectivity index (χ4n) is 6.91. The number of rotatable bonds is 0. The van der Waals surface area contributed by atoms with E-state index >= 15 is 0 Å². The fraction of sp³-hybridized carbons (Fsp3) is 1.00. The molecule has 0 N–H and O–H groups in total. The summed E-state index contributed by atoms with van der Waals surface area (Å²) in [5.74, 6) is 5.67. The summed E-state index contributed by atoms with van der Waals surface area (Å²) in [7, 11) is 0. The molecule has 1 unspecified atom stereocenters. The van der Waals surface area contributed by atoms with Gasteiger partial charge >= 0.3 is 0 Å². The largest absolute Gasteiger partial charge is 0.0591 e. The Bertz CT molecular complexity index is 320. The maximum Gasteiger partial charge on any atom is -0.0266 e. The van der Waals surface area contributed by atoms with Crippen LogP contribution in [0.3, 0.4) is 0 Å². The number of hydrogen-bond acceptors (Lipinski definition) is 0. The van der Waals surface area contributed by atoms with Crippen LogP contribution in [0.1, 0.15) is 77.6 Å². The maximum atomic E-state index is 2.70. The smallest absolute Gasteiger partial charge is 0.0266 e. The minimum Gasteiger partial charge on any atom is -0.0591 e. The lowest BCUT2D eigenvalue weighted by Gasteiger charge is -2.58. The van der Waals surface area contributed by atoms with E-state index in [0.717, 1.165) is 35.0 Å². The minimum atomic E-state index is 0.759. The Kier molecular flexibility index (Phi) is 2.79. The van der Waals surface area contributed by atoms with Crippen molar-refractivity contribution in [2.75, 3.05) is 0 Å². The van der Waals surface area contributed by atoms with Gasteiger partial charge in [0.2, 0.25) is 0 Å². The van der Waals surface area contributed by atoms with Crippen molar-refractivity contribution in [1.29, 1.82) is 0 Å². The first-order valence-electron chi connectivity index (χ1n) is 8.79. The summed E-state index contributed by atoms with van der Waals surface area (Å²) in [5.41, 5.74) is 0.759. The summed E-state index contributed by atoms with van der Waals surface area (Å²) >= 11 is 0. The van der Waals surface area contributed by atoms with Crippen LogP contribution in [0.15, 0.2) is 0 Å². The van der Waals surface area contributed by atoms with Gasteiger partial charge in [-0.05, 0) is 80.0 Å². The van der Waals surface area contributed by atoms with Crippen LogP contribution in [-0.2, 0) is 0 Å². The molecular weight excluding hydrogens is 216 g/mol. The van der Waals surface area contributed by atoms with Crippen LogP contribution in [-0.4, -0.2) is 0 Å². The highest BCUT2D eigenvalue weighted by atomic mass is 14.6. The molecule has 0 heterocycles. The molecule has 18 heavy (non-hydrogen) atoms. The van der Waals surface area contributed by atoms with Crippen molar-refractivity contribution in [1.82, 2.24) is 0 Å². The Labute approximate surface area is 113 Å². The Hall–Kier alpha value is 0. The van der Waals surface area contributed by atoms with Gasteiger partial charge in [0.05, 0.1) is 0 Å². The maximum absolute atomic E-state index is 2.70. The first-order valence-corrected chi connectivity index (χ1v) is 8.79. The summed E-state index contributed by atoms with van der Waals surface area (Å²) in [6.07, 6.45) is 17.3. The molecule has 0 aromatic heterocycles. The zero-order valence-electron chi connectivity index (χ0n) is 12.2. The zero-order chi connectivity index (χ0) is 12.2. The van der Waals surface area contributed by atoms with Crippen molar-refractivity contribution < 1.29 is 0 Å². The van der Waals surface area contributed by atoms with E-state index in [2.05, 4.69) is 6.92 Å². The quantitative estimate of drug-likeness (QED) is 0.535. The van der Waals surface area contributed by atoms with Gasteiger partial charge in [-0.1, -0.05) is 32.6 Å². The molecule has 0 radical (unpaired) electrons. The summed E-state index contributed by atoms with van der Waals surface area (Å²) in [5, 5.41) is 0. The Balaban J connectivity index is 1.62. The minimum absolute atomic E-state index is 0.759. The first kappa shape index (κ1) is 11.8. The molecule has 0 amide bonds. The Morgan fingerprint density at radius 2 is 1.67 bits per heavy atom. The lowest BCUT2D eigenvalue weighted by Crippen LogP contribution is -2.49. The molecule has 4 aliphatic carbocycles. The third-order valence-electron chi connectivity index (χ3n) is 7.78. The summed E-state index contributed by atoms with van der Waals surface area (Å²) in [4.78, 5) is 0. The predicted octanol–water partition coefficient (Wildman–Crippen LogP) is 5.42. The molecule has 4 aliphatic rings. The molecule has 0 saturated heterocycles. The van der Waals surface area contributed by atoms with E-state index in [9.17, 15) is 0 Å². The summed E-state index contributed by atoms with van der Waals surface area (Å²) in [6, 6.07) is 0. The highest BCUT2D eigenvalue weighted by Gasteiger charge is 2.53. The average molecular weight is 246 g/mol. The van der Waals surface area contributed by atoms with Gasteiger partial charge in [0.1, 0.15) is 0 Å². The van der Waals surface area contributed by atoms with Crippen molar-refractivity contribution >= 4 is 0 Å². The second kappa shape index (κ2) is 4.25. The molecule has 0 heteroatoms. The van der Waals surface area contributed by atoms with E-state index < -0.39 is 0 Å². The lowest BCUT2D eigenvalue weighted by molar-refractivity contribution is -0.0834. The monoisotopic (exact) mass is 246 g/mol. The molecule has 102 valence electrons. The van der Waals surface area contributed by atoms with Crippen molar-refractivity contribution in [2.24, 2.45) is 35.0 Å². The predicted molar refractivity (Wildman–Crippen MR) is 76.3 cm³/mol. The average Bonchev–Trinajstić information content (AvgIpc) is 2.86. The van der Waals surface area contributed by atoms with Gasteiger partial charge in [0, 0.05) is 0 Å². The van der Waals surface area contributed by atoms with Crippen LogP contribution in [0.4, 0.5) is 0 Å². The van der Waals surface area contributed by atoms with Crippen LogP contribution in [0.2, 0.25) is 0 Å². The van der Waals surface area contributed by atoms with Gasteiger partial charge in [-0.25, -0.2) is 0 Å². The van der Waals surface area contributed by atoms with E-state index in [-0.39, 0.29) is 0 Å². The van der Waals surface area contributed by atoms with Crippen molar-refractivity contribution in [3.05, 3.63) is 0 Å². The highest BCUT2D eigenvalue weighted by Crippen LogP contribution is 2.62. The highest BCUT2D eigenvalue weighted by molar-refractivity contribution is 5.03. The van der Waals surface area contributed by atoms with E-state index in [1.807, 2.05) is 0 Å². The molecule has 4 rings (SSSR count). The third kappa shape index (κ3) is 1.56. The van der Waals surface area contributed by atoms with Gasteiger partial charge in [0.25, 0.3) is 0 Å². The molecular formula is C18H30. The molecule has 0 aromatic rings. The number of fused-ring (bicyclic) bond motifs is 5. The third-order valence-corrected chi connectivity index (χ3v) is 7.78. The van der Waals surface area contributed by atoms with Crippen molar-refractivity contribution in [2.45, 2.75) is 77.6 Å². The summed E-state index contributed by atoms with van der Waals surface area (Å²) < 4.78 is 0. The molecule has 6 atom stereocenters. The van der Waals surface area contributed by atoms with Gasteiger partial charge in [0.15, 0.2) is 0 Å². The Morgan fingerprint density at radius 1 is 0.722 bits per heavy atom. The zero-order valence-corrected chi connectivity index (χ0v) is 12.2. The van der Waals surface area contributed by atoms with Crippen molar-refractivity contribution in [3.8, 4) is 0 Å². The van der Waals surface area contributed by atoms with Gasteiger partial charge in [-0.15, -0.1) is 0 Å². The molecule has 4 fully saturated rings. The molecule has 4 saturated carbocycles. The Morgan fingerprint density at radius 3 is 2.61 bits per heavy atom. The van der Waals surface area contributed by atoms with E-state index in [1.165, 1.54) is 12.8 Å². The van der Waals surface area contributed by atoms with Crippen LogP contribution in [0.25, 0.3) is 0 Å². The summed E-state index contributed by atoms with van der Waals surface area (Å²) in [6.45, 7) is 2.70. The van der Waals surface area contributed by atoms with E-state index in [1.54, 1.807) is 57.8 Å². The fourth-order valence-corrected chi connectivity index (χ4v) is 6.91. The van der Waals surface area contributed by atoms with Crippen LogP contribution in [0, 0.1) is 35.0 Å². The lowest BCUT2D eigenvalue weighted by atomic mass is 9.47. The molecule has 0 aromatic carbocycles. The van der Waals surface area contributed by atoms with E-state index in [0.29, 0.717) is 0 Å². The van der Waals surface area contributed by atoms with Crippen LogP contribution in [0.5, 0.6) is 0 Å². The molecule has 0 bridgehead atoms. The van der Waals surface area contributed by atoms with Gasteiger partial charge in [-0.2, -0.15) is 0 Å². The van der Waals surface area contributed by atoms with E-state index in [4.69, 9.17) is 0 Å². The first-order chi connectivity index (χ1) is 8.79. The molecule has 0 nitrogen and oxygen atoms in total. The second-order valence-corrected chi connectivity index (χ2v) is 8.23. The molecule has 0 spiro atoms. The van der Waals surface area contributed by atoms with Gasteiger partial charge < -0.3 is 0 Å².